The van der Waals surface area contributed by atoms with Crippen LogP contribution in [0.5, 0.6) is 0 Å². The first-order valence-corrected chi connectivity index (χ1v) is 6.23. The van der Waals surface area contributed by atoms with Crippen molar-refractivity contribution in [3.63, 3.8) is 0 Å². The van der Waals surface area contributed by atoms with Crippen LogP contribution >= 0.6 is 11.6 Å². The van der Waals surface area contributed by atoms with Gasteiger partial charge in [-0.15, -0.1) is 0 Å². The van der Waals surface area contributed by atoms with Gasteiger partial charge in [-0.05, 0) is 12.5 Å². The van der Waals surface area contributed by atoms with Gasteiger partial charge in [-0.2, -0.15) is 0 Å². The molecule has 92 valence electrons. The van der Waals surface area contributed by atoms with E-state index in [1.165, 1.54) is 0 Å². The summed E-state index contributed by atoms with van der Waals surface area (Å²) in [6, 6.07) is 8.09. The number of rotatable bonds is 5. The van der Waals surface area contributed by atoms with Crippen molar-refractivity contribution >= 4 is 22.5 Å². The van der Waals surface area contributed by atoms with Crippen molar-refractivity contribution in [3.8, 4) is 0 Å². The molecule has 0 radical (unpaired) electrons. The normalized spacial score (nSPS) is 13.1. The van der Waals surface area contributed by atoms with Gasteiger partial charge in [0.25, 0.3) is 0 Å². The monoisotopic (exact) mass is 252 g/mol. The second-order valence-electron chi connectivity index (χ2n) is 4.13. The Bertz CT molecular complexity index is 491. The molecule has 0 bridgehead atoms. The van der Waals surface area contributed by atoms with E-state index in [4.69, 9.17) is 16.7 Å². The number of halogens is 1. The predicted molar refractivity (Wildman–Crippen MR) is 71.3 cm³/mol. The Balaban J connectivity index is 2.16. The molecule has 0 amide bonds. The van der Waals surface area contributed by atoms with Crippen molar-refractivity contribution < 1.29 is 5.11 Å². The zero-order valence-electron chi connectivity index (χ0n) is 9.83. The van der Waals surface area contributed by atoms with Crippen LogP contribution < -0.4 is 5.32 Å². The minimum Gasteiger partial charge on any atom is -0.395 e. The topological polar surface area (TPSA) is 48.0 Å². The van der Waals surface area contributed by atoms with Gasteiger partial charge >= 0.3 is 0 Å². The molecule has 0 aliphatic heterocycles. The molecule has 3 nitrogen and oxygen atoms in total. The second-order valence-corrected chi connectivity index (χ2v) is 4.51. The minimum atomic E-state index is 0.123. The van der Waals surface area contributed by atoms with Gasteiger partial charge in [0, 0.05) is 29.2 Å². The lowest BCUT2D eigenvalue weighted by atomic mass is 10.2. The van der Waals surface area contributed by atoms with Gasteiger partial charge in [-0.25, -0.2) is 0 Å². The molecule has 3 N–H and O–H groups in total. The summed E-state index contributed by atoms with van der Waals surface area (Å²) in [6.45, 7) is 2.83. The molecule has 1 unspecified atom stereocenters. The lowest BCUT2D eigenvalue weighted by Crippen LogP contribution is -2.31. The summed E-state index contributed by atoms with van der Waals surface area (Å²) in [5, 5.41) is 14.2. The zero-order chi connectivity index (χ0) is 12.3. The maximum atomic E-state index is 9.11. The van der Waals surface area contributed by atoms with Crippen molar-refractivity contribution in [2.24, 2.45) is 0 Å². The van der Waals surface area contributed by atoms with E-state index in [0.717, 1.165) is 28.0 Å². The summed E-state index contributed by atoms with van der Waals surface area (Å²) >= 11 is 6.29. The van der Waals surface area contributed by atoms with Crippen molar-refractivity contribution in [1.29, 1.82) is 0 Å². The van der Waals surface area contributed by atoms with Gasteiger partial charge in [0.1, 0.15) is 0 Å². The zero-order valence-corrected chi connectivity index (χ0v) is 10.6. The van der Waals surface area contributed by atoms with Gasteiger partial charge in [-0.3, -0.25) is 0 Å². The number of hydrogen-bond acceptors (Lipinski definition) is 2. The van der Waals surface area contributed by atoms with Crippen LogP contribution in [0.25, 0.3) is 10.9 Å². The third-order valence-electron chi connectivity index (χ3n) is 2.99. The summed E-state index contributed by atoms with van der Waals surface area (Å²) < 4.78 is 0. The van der Waals surface area contributed by atoms with Gasteiger partial charge in [0.2, 0.25) is 0 Å². The number of aliphatic hydroxyl groups excluding tert-OH is 1. The SMILES string of the molecule is CCC(CO)NCc1[nH]c2ccccc2c1Cl. The Morgan fingerprint density at radius 3 is 2.82 bits per heavy atom. The van der Waals surface area contributed by atoms with E-state index >= 15 is 0 Å². The Morgan fingerprint density at radius 1 is 1.41 bits per heavy atom. The molecule has 1 heterocycles. The number of H-pyrrole nitrogens is 1. The number of para-hydroxylation sites is 1. The first-order chi connectivity index (χ1) is 8.26. The molecule has 4 heteroatoms. The number of hydrogen-bond donors (Lipinski definition) is 3. The summed E-state index contributed by atoms with van der Waals surface area (Å²) in [5.74, 6) is 0. The molecule has 1 aromatic carbocycles. The summed E-state index contributed by atoms with van der Waals surface area (Å²) in [4.78, 5) is 3.29. The van der Waals surface area contributed by atoms with Crippen LogP contribution in [0.1, 0.15) is 19.0 Å². The Morgan fingerprint density at radius 2 is 2.18 bits per heavy atom. The van der Waals surface area contributed by atoms with Crippen molar-refractivity contribution in [3.05, 3.63) is 35.0 Å². The van der Waals surface area contributed by atoms with Crippen molar-refractivity contribution in [1.82, 2.24) is 10.3 Å². The molecule has 17 heavy (non-hydrogen) atoms. The van der Waals surface area contributed by atoms with Crippen molar-refractivity contribution in [2.45, 2.75) is 25.9 Å². The molecule has 0 spiro atoms. The van der Waals surface area contributed by atoms with Gasteiger partial charge < -0.3 is 15.4 Å². The van der Waals surface area contributed by atoms with Crippen LogP contribution in [0.4, 0.5) is 0 Å². The standard InChI is InChI=1S/C13H17ClN2O/c1-2-9(8-17)15-7-12-13(14)10-5-3-4-6-11(10)16-12/h3-6,9,15-17H,2,7-8H2,1H3. The smallest absolute Gasteiger partial charge is 0.0705 e. The van der Waals surface area contributed by atoms with Crippen LogP contribution in [0, 0.1) is 0 Å². The number of aliphatic hydroxyl groups is 1. The molecule has 1 aromatic heterocycles. The molecule has 0 aliphatic rings. The summed E-state index contributed by atoms with van der Waals surface area (Å²) in [6.07, 6.45) is 0.897. The molecule has 0 saturated heterocycles. The lowest BCUT2D eigenvalue weighted by Gasteiger charge is -2.13. The van der Waals surface area contributed by atoms with E-state index in [9.17, 15) is 0 Å². The first-order valence-electron chi connectivity index (χ1n) is 5.85. The average Bonchev–Trinajstić information content (AvgIpc) is 2.68. The molecular weight excluding hydrogens is 236 g/mol. The Hall–Kier alpha value is -1.03. The number of nitrogens with one attached hydrogen (secondary N) is 2. The highest BCUT2D eigenvalue weighted by molar-refractivity contribution is 6.36. The van der Waals surface area contributed by atoms with E-state index < -0.39 is 0 Å². The Labute approximate surface area is 106 Å². The fourth-order valence-corrected chi connectivity index (χ4v) is 2.15. The number of aromatic amines is 1. The summed E-state index contributed by atoms with van der Waals surface area (Å²) in [7, 11) is 0. The van der Waals surface area contributed by atoms with Crippen LogP contribution in [0.15, 0.2) is 24.3 Å². The fourth-order valence-electron chi connectivity index (χ4n) is 1.87. The maximum Gasteiger partial charge on any atom is 0.0705 e. The van der Waals surface area contributed by atoms with E-state index in [0.29, 0.717) is 6.54 Å². The van der Waals surface area contributed by atoms with E-state index in [1.54, 1.807) is 0 Å². The van der Waals surface area contributed by atoms with Crippen LogP contribution in [-0.4, -0.2) is 22.7 Å². The largest absolute Gasteiger partial charge is 0.395 e. The van der Waals surface area contributed by atoms with Crippen LogP contribution in [-0.2, 0) is 6.54 Å². The summed E-state index contributed by atoms with van der Waals surface area (Å²) in [5.41, 5.74) is 2.02. The molecule has 0 aliphatic carbocycles. The highest BCUT2D eigenvalue weighted by atomic mass is 35.5. The van der Waals surface area contributed by atoms with Gasteiger partial charge in [-0.1, -0.05) is 36.7 Å². The highest BCUT2D eigenvalue weighted by Crippen LogP contribution is 2.26. The van der Waals surface area contributed by atoms with Gasteiger partial charge in [0.05, 0.1) is 11.6 Å². The van der Waals surface area contributed by atoms with Crippen LogP contribution in [0.3, 0.4) is 0 Å². The minimum absolute atomic E-state index is 0.123. The van der Waals surface area contributed by atoms with E-state index in [2.05, 4.69) is 10.3 Å². The van der Waals surface area contributed by atoms with E-state index in [-0.39, 0.29) is 12.6 Å². The molecule has 0 saturated carbocycles. The van der Waals surface area contributed by atoms with Crippen molar-refractivity contribution in [2.75, 3.05) is 6.61 Å². The fraction of sp³-hybridized carbons (Fsp3) is 0.385. The quantitative estimate of drug-likeness (QED) is 0.766. The number of aromatic nitrogens is 1. The molecular formula is C13H17ClN2O. The molecule has 0 fully saturated rings. The Kier molecular flexibility index (Phi) is 4.05. The first kappa shape index (κ1) is 12.4. The molecule has 2 aromatic rings. The number of fused-ring (bicyclic) bond motifs is 1. The number of benzene rings is 1. The highest BCUT2D eigenvalue weighted by Gasteiger charge is 2.10. The second kappa shape index (κ2) is 5.54. The predicted octanol–water partition coefficient (Wildman–Crippen LogP) is 2.68. The lowest BCUT2D eigenvalue weighted by molar-refractivity contribution is 0.238. The maximum absolute atomic E-state index is 9.11. The molecule has 2 rings (SSSR count). The van der Waals surface area contributed by atoms with Gasteiger partial charge in [0.15, 0.2) is 0 Å². The molecule has 1 atom stereocenters. The van der Waals surface area contributed by atoms with E-state index in [1.807, 2.05) is 31.2 Å². The average molecular weight is 253 g/mol. The van der Waals surface area contributed by atoms with Crippen LogP contribution in [0.2, 0.25) is 5.02 Å². The third kappa shape index (κ3) is 2.63. The third-order valence-corrected chi connectivity index (χ3v) is 3.43.